The Bertz CT molecular complexity index is 625. The van der Waals surface area contributed by atoms with Crippen molar-refractivity contribution in [3.8, 4) is 0 Å². The van der Waals surface area contributed by atoms with Crippen LogP contribution in [0.5, 0.6) is 0 Å². The summed E-state index contributed by atoms with van der Waals surface area (Å²) in [4.78, 5) is 15.9. The van der Waals surface area contributed by atoms with Crippen LogP contribution >= 0.6 is 11.6 Å². The Morgan fingerprint density at radius 2 is 2.25 bits per heavy atom. The lowest BCUT2D eigenvalue weighted by Crippen LogP contribution is -2.33. The van der Waals surface area contributed by atoms with Gasteiger partial charge in [0, 0.05) is 6.07 Å². The number of ether oxygens (including phenoxy) is 2. The summed E-state index contributed by atoms with van der Waals surface area (Å²) >= 11 is 5.70. The number of halogens is 1. The number of nitrogens with zero attached hydrogens (tertiary/aromatic N) is 2. The molecule has 0 amide bonds. The van der Waals surface area contributed by atoms with Gasteiger partial charge in [0.1, 0.15) is 17.4 Å². The summed E-state index contributed by atoms with van der Waals surface area (Å²) in [6.07, 6.45) is 2.48. The SMILES string of the molecule is CC1(C)O[C@@H]2[C@H](O1)C(CO)=C[C@H]2n1cnc(Cl)cc1=O. The maximum atomic E-state index is 12.0. The second-order valence-electron chi connectivity index (χ2n) is 5.37. The number of hydrogen-bond acceptors (Lipinski definition) is 5. The van der Waals surface area contributed by atoms with Gasteiger partial charge in [0.2, 0.25) is 0 Å². The van der Waals surface area contributed by atoms with Gasteiger partial charge in [-0.05, 0) is 19.4 Å². The maximum Gasteiger partial charge on any atom is 0.255 e. The van der Waals surface area contributed by atoms with Crippen LogP contribution in [0.1, 0.15) is 19.9 Å². The van der Waals surface area contributed by atoms with Crippen LogP contribution in [0.4, 0.5) is 0 Å². The van der Waals surface area contributed by atoms with Crippen molar-refractivity contribution < 1.29 is 14.6 Å². The third-order valence-electron chi connectivity index (χ3n) is 3.52. The molecular formula is C13H15ClN2O4. The van der Waals surface area contributed by atoms with Crippen LogP contribution in [-0.4, -0.2) is 39.3 Å². The average Bonchev–Trinajstić information content (AvgIpc) is 2.83. The summed E-state index contributed by atoms with van der Waals surface area (Å²) in [6.45, 7) is 3.48. The van der Waals surface area contributed by atoms with Crippen molar-refractivity contribution >= 4 is 11.6 Å². The zero-order chi connectivity index (χ0) is 14.5. The van der Waals surface area contributed by atoms with Crippen LogP contribution in [0, 0.1) is 0 Å². The van der Waals surface area contributed by atoms with E-state index >= 15 is 0 Å². The zero-order valence-corrected chi connectivity index (χ0v) is 11.9. The Labute approximate surface area is 120 Å². The van der Waals surface area contributed by atoms with Gasteiger partial charge in [-0.3, -0.25) is 9.36 Å². The van der Waals surface area contributed by atoms with Crippen molar-refractivity contribution in [1.82, 2.24) is 9.55 Å². The molecule has 1 N–H and O–H groups in total. The van der Waals surface area contributed by atoms with E-state index in [0.717, 1.165) is 0 Å². The fraction of sp³-hybridized carbons (Fsp3) is 0.538. The molecule has 0 bridgehead atoms. The minimum Gasteiger partial charge on any atom is -0.392 e. The molecule has 2 aliphatic rings. The molecule has 1 saturated heterocycles. The summed E-state index contributed by atoms with van der Waals surface area (Å²) in [7, 11) is 0. The zero-order valence-electron chi connectivity index (χ0n) is 11.1. The Kier molecular flexibility index (Phi) is 3.21. The fourth-order valence-corrected chi connectivity index (χ4v) is 2.86. The van der Waals surface area contributed by atoms with E-state index in [4.69, 9.17) is 21.1 Å². The van der Waals surface area contributed by atoms with Crippen LogP contribution < -0.4 is 5.56 Å². The summed E-state index contributed by atoms with van der Waals surface area (Å²) in [5.41, 5.74) is 0.449. The molecular weight excluding hydrogens is 284 g/mol. The van der Waals surface area contributed by atoms with Crippen molar-refractivity contribution in [3.05, 3.63) is 39.5 Å². The number of aliphatic hydroxyl groups excluding tert-OH is 1. The number of fused-ring (bicyclic) bond motifs is 1. The Balaban J connectivity index is 2.01. The molecule has 0 spiro atoms. The molecule has 0 aromatic carbocycles. The summed E-state index contributed by atoms with van der Waals surface area (Å²) in [5, 5.41) is 9.58. The molecule has 2 heterocycles. The van der Waals surface area contributed by atoms with E-state index in [0.29, 0.717) is 5.57 Å². The third kappa shape index (κ3) is 2.18. The average molecular weight is 299 g/mol. The highest BCUT2D eigenvalue weighted by Gasteiger charge is 2.50. The fourth-order valence-electron chi connectivity index (χ4n) is 2.73. The van der Waals surface area contributed by atoms with E-state index in [1.807, 2.05) is 0 Å². The minimum atomic E-state index is -0.744. The molecule has 6 nitrogen and oxygen atoms in total. The van der Waals surface area contributed by atoms with Crippen molar-refractivity contribution in [2.75, 3.05) is 6.61 Å². The van der Waals surface area contributed by atoms with E-state index < -0.39 is 5.79 Å². The van der Waals surface area contributed by atoms with Crippen LogP contribution in [0.3, 0.4) is 0 Å². The van der Waals surface area contributed by atoms with Gasteiger partial charge >= 0.3 is 0 Å². The molecule has 1 aromatic heterocycles. The van der Waals surface area contributed by atoms with E-state index in [1.165, 1.54) is 17.0 Å². The molecule has 3 atom stereocenters. The number of aromatic nitrogens is 2. The van der Waals surface area contributed by atoms with Crippen LogP contribution in [0.2, 0.25) is 5.15 Å². The van der Waals surface area contributed by atoms with Crippen molar-refractivity contribution in [1.29, 1.82) is 0 Å². The second-order valence-corrected chi connectivity index (χ2v) is 5.76. The van der Waals surface area contributed by atoms with Gasteiger partial charge in [0.15, 0.2) is 5.79 Å². The van der Waals surface area contributed by atoms with E-state index in [2.05, 4.69) is 4.98 Å². The van der Waals surface area contributed by atoms with E-state index in [1.54, 1.807) is 19.9 Å². The second kappa shape index (κ2) is 4.66. The van der Waals surface area contributed by atoms with Gasteiger partial charge in [-0.15, -0.1) is 0 Å². The molecule has 0 saturated carbocycles. The summed E-state index contributed by atoms with van der Waals surface area (Å²) in [5.74, 6) is -0.744. The molecule has 1 fully saturated rings. The topological polar surface area (TPSA) is 73.6 Å². The number of aliphatic hydroxyl groups is 1. The Morgan fingerprint density at radius 3 is 2.90 bits per heavy atom. The molecule has 3 rings (SSSR count). The first-order chi connectivity index (χ1) is 9.41. The first kappa shape index (κ1) is 13.8. The molecule has 20 heavy (non-hydrogen) atoms. The highest BCUT2D eigenvalue weighted by atomic mass is 35.5. The predicted molar refractivity (Wildman–Crippen MR) is 71.5 cm³/mol. The smallest absolute Gasteiger partial charge is 0.255 e. The molecule has 7 heteroatoms. The molecule has 1 aliphatic heterocycles. The standard InChI is InChI=1S/C13H15ClN2O4/c1-13(2)19-11-7(5-17)3-8(12(11)20-13)16-6-15-9(14)4-10(16)18/h3-4,6,8,11-12,17H,5H2,1-2H3/t8-,11-,12+/m1/s1. The van der Waals surface area contributed by atoms with Crippen molar-refractivity contribution in [3.63, 3.8) is 0 Å². The monoisotopic (exact) mass is 298 g/mol. The van der Waals surface area contributed by atoms with Gasteiger partial charge in [0.25, 0.3) is 5.56 Å². The lowest BCUT2D eigenvalue weighted by molar-refractivity contribution is -0.148. The third-order valence-corrected chi connectivity index (χ3v) is 3.73. The van der Waals surface area contributed by atoms with Crippen molar-refractivity contribution in [2.45, 2.75) is 37.9 Å². The van der Waals surface area contributed by atoms with Crippen molar-refractivity contribution in [2.24, 2.45) is 0 Å². The highest BCUT2D eigenvalue weighted by Crippen LogP contribution is 2.42. The lowest BCUT2D eigenvalue weighted by atomic mass is 10.1. The van der Waals surface area contributed by atoms with Crippen LogP contribution in [0.25, 0.3) is 0 Å². The van der Waals surface area contributed by atoms with Gasteiger partial charge in [-0.25, -0.2) is 4.98 Å². The van der Waals surface area contributed by atoms with Crippen LogP contribution in [-0.2, 0) is 9.47 Å². The quantitative estimate of drug-likeness (QED) is 0.648. The molecule has 1 aliphatic carbocycles. The molecule has 0 radical (unpaired) electrons. The van der Waals surface area contributed by atoms with E-state index in [9.17, 15) is 9.90 Å². The number of hydrogen-bond donors (Lipinski definition) is 1. The molecule has 0 unspecified atom stereocenters. The van der Waals surface area contributed by atoms with Gasteiger partial charge < -0.3 is 14.6 Å². The Hall–Kier alpha value is -1.21. The minimum absolute atomic E-state index is 0.132. The largest absolute Gasteiger partial charge is 0.392 e. The van der Waals surface area contributed by atoms with Crippen LogP contribution in [0.15, 0.2) is 28.8 Å². The number of rotatable bonds is 2. The molecule has 108 valence electrons. The van der Waals surface area contributed by atoms with Gasteiger partial charge in [-0.1, -0.05) is 17.7 Å². The normalized spacial score (nSPS) is 31.2. The summed E-state index contributed by atoms with van der Waals surface area (Å²) < 4.78 is 13.1. The Morgan fingerprint density at radius 1 is 1.50 bits per heavy atom. The lowest BCUT2D eigenvalue weighted by Gasteiger charge is -2.21. The molecule has 1 aromatic rings. The predicted octanol–water partition coefficient (Wildman–Crippen LogP) is 0.890. The van der Waals surface area contributed by atoms with Gasteiger partial charge in [-0.2, -0.15) is 0 Å². The maximum absolute atomic E-state index is 12.0. The van der Waals surface area contributed by atoms with E-state index in [-0.39, 0.29) is 35.6 Å². The highest BCUT2D eigenvalue weighted by molar-refractivity contribution is 6.29. The first-order valence-electron chi connectivity index (χ1n) is 6.32. The first-order valence-corrected chi connectivity index (χ1v) is 6.70. The summed E-state index contributed by atoms with van der Waals surface area (Å²) in [6, 6.07) is 0.892. The van der Waals surface area contributed by atoms with Gasteiger partial charge in [0.05, 0.1) is 19.0 Å².